The smallest absolute Gasteiger partial charge is 0.272 e. The Hall–Kier alpha value is -3.61. The van der Waals surface area contributed by atoms with Gasteiger partial charge in [0, 0.05) is 16.6 Å². The molecular weight excluding hydrogens is 334 g/mol. The molecule has 4 N–H and O–H groups in total. The second kappa shape index (κ2) is 6.72. The molecule has 0 aliphatic rings. The second-order valence-corrected chi connectivity index (χ2v) is 5.80. The number of rotatable bonds is 3. The van der Waals surface area contributed by atoms with Crippen molar-refractivity contribution in [2.45, 2.75) is 13.8 Å². The van der Waals surface area contributed by atoms with Gasteiger partial charge in [0.25, 0.3) is 5.91 Å². The van der Waals surface area contributed by atoms with Crippen LogP contribution >= 0.6 is 0 Å². The Morgan fingerprint density at radius 1 is 1.04 bits per heavy atom. The number of phenolic OH excluding ortho intramolecular Hbond substituents is 3. The van der Waals surface area contributed by atoms with Crippen LogP contribution in [-0.4, -0.2) is 31.9 Å². The maximum Gasteiger partial charge on any atom is 0.272 e. The van der Waals surface area contributed by atoms with Crippen molar-refractivity contribution in [3.05, 3.63) is 59.3 Å². The summed E-state index contributed by atoms with van der Waals surface area (Å²) < 4.78 is 0. The number of para-hydroxylation sites is 1. The summed E-state index contributed by atoms with van der Waals surface area (Å²) in [6.07, 6.45) is 0. The summed E-state index contributed by atoms with van der Waals surface area (Å²) in [4.78, 5) is 16.9. The van der Waals surface area contributed by atoms with Crippen molar-refractivity contribution < 1.29 is 20.1 Å². The minimum atomic E-state index is -0.640. The van der Waals surface area contributed by atoms with Crippen LogP contribution in [0.3, 0.4) is 0 Å². The highest BCUT2D eigenvalue weighted by Crippen LogP contribution is 2.37. The summed E-state index contributed by atoms with van der Waals surface area (Å²) >= 11 is 0. The summed E-state index contributed by atoms with van der Waals surface area (Å²) in [6.45, 7) is 3.36. The molecule has 0 aliphatic carbocycles. The molecule has 1 amide bonds. The maximum atomic E-state index is 12.6. The summed E-state index contributed by atoms with van der Waals surface area (Å²) in [5.74, 6) is -2.01. The normalized spacial score (nSPS) is 11.5. The molecule has 1 aromatic heterocycles. The molecule has 0 aliphatic heterocycles. The number of aryl methyl sites for hydroxylation is 1. The molecule has 7 heteroatoms. The van der Waals surface area contributed by atoms with E-state index in [1.54, 1.807) is 26.0 Å². The minimum absolute atomic E-state index is 0.191. The van der Waals surface area contributed by atoms with Gasteiger partial charge in [-0.15, -0.1) is 0 Å². The first-order valence-electron chi connectivity index (χ1n) is 7.83. The molecule has 0 radical (unpaired) electrons. The molecule has 0 fully saturated rings. The van der Waals surface area contributed by atoms with Crippen LogP contribution in [-0.2, 0) is 0 Å². The Morgan fingerprint density at radius 3 is 2.54 bits per heavy atom. The lowest BCUT2D eigenvalue weighted by Gasteiger charge is -2.09. The highest BCUT2D eigenvalue weighted by Gasteiger charge is 2.15. The fraction of sp³-hybridized carbons (Fsp3) is 0.105. The molecule has 0 saturated carbocycles. The van der Waals surface area contributed by atoms with E-state index in [1.807, 2.05) is 18.2 Å². The van der Waals surface area contributed by atoms with E-state index in [2.05, 4.69) is 15.5 Å². The van der Waals surface area contributed by atoms with Gasteiger partial charge in [-0.1, -0.05) is 18.2 Å². The number of carbonyl (C=O) groups excluding carboxylic acids is 1. The number of pyridine rings is 1. The van der Waals surface area contributed by atoms with E-state index < -0.39 is 23.2 Å². The third-order valence-electron chi connectivity index (χ3n) is 3.93. The number of fused-ring (bicyclic) bond motifs is 1. The highest BCUT2D eigenvalue weighted by molar-refractivity contribution is 6.07. The SMILES string of the molecule is C/C(=N\NC(=O)c1cc(C)nc2ccccc12)c1ccc(O)c(O)c1O. The number of amides is 1. The van der Waals surface area contributed by atoms with Crippen LogP contribution in [0.15, 0.2) is 47.6 Å². The zero-order valence-corrected chi connectivity index (χ0v) is 14.2. The summed E-state index contributed by atoms with van der Waals surface area (Å²) in [7, 11) is 0. The Morgan fingerprint density at radius 2 is 1.77 bits per heavy atom. The van der Waals surface area contributed by atoms with Gasteiger partial charge in [-0.2, -0.15) is 5.10 Å². The molecule has 26 heavy (non-hydrogen) atoms. The van der Waals surface area contributed by atoms with E-state index in [9.17, 15) is 20.1 Å². The van der Waals surface area contributed by atoms with Gasteiger partial charge in [0.1, 0.15) is 0 Å². The van der Waals surface area contributed by atoms with Gasteiger partial charge in [0.15, 0.2) is 11.5 Å². The topological polar surface area (TPSA) is 115 Å². The summed E-state index contributed by atoms with van der Waals surface area (Å²) in [6, 6.07) is 11.6. The Balaban J connectivity index is 1.92. The standard InChI is InChI=1S/C19H17N3O4/c1-10-9-14(13-5-3-4-6-15(13)20-10)19(26)22-21-11(2)12-7-8-16(23)18(25)17(12)24/h3-9,23-25H,1-2H3,(H,22,26)/b21-11+. The van der Waals surface area contributed by atoms with Crippen molar-refractivity contribution in [1.82, 2.24) is 10.4 Å². The van der Waals surface area contributed by atoms with E-state index in [4.69, 9.17) is 0 Å². The molecule has 0 spiro atoms. The van der Waals surface area contributed by atoms with Gasteiger partial charge in [0.2, 0.25) is 5.75 Å². The van der Waals surface area contributed by atoms with Crippen LogP contribution in [0.4, 0.5) is 0 Å². The molecule has 3 rings (SSSR count). The third-order valence-corrected chi connectivity index (χ3v) is 3.93. The van der Waals surface area contributed by atoms with E-state index in [1.165, 1.54) is 12.1 Å². The lowest BCUT2D eigenvalue weighted by Crippen LogP contribution is -2.20. The largest absolute Gasteiger partial charge is 0.504 e. The molecule has 0 saturated heterocycles. The average molecular weight is 351 g/mol. The summed E-state index contributed by atoms with van der Waals surface area (Å²) in [5, 5.41) is 33.5. The van der Waals surface area contributed by atoms with Gasteiger partial charge < -0.3 is 15.3 Å². The number of hydrogen-bond donors (Lipinski definition) is 4. The number of aromatic nitrogens is 1. The molecule has 7 nitrogen and oxygen atoms in total. The quantitative estimate of drug-likeness (QED) is 0.329. The van der Waals surface area contributed by atoms with E-state index in [-0.39, 0.29) is 11.3 Å². The van der Waals surface area contributed by atoms with Crippen LogP contribution in [0.1, 0.15) is 28.5 Å². The predicted octanol–water partition coefficient (Wildman–Crippen LogP) is 2.81. The third kappa shape index (κ3) is 3.14. The van der Waals surface area contributed by atoms with Crippen molar-refractivity contribution in [2.24, 2.45) is 5.10 Å². The van der Waals surface area contributed by atoms with Crippen molar-refractivity contribution in [3.8, 4) is 17.2 Å². The number of benzene rings is 2. The number of phenols is 3. The Labute approximate surface area is 149 Å². The number of hydrogen-bond acceptors (Lipinski definition) is 6. The lowest BCUT2D eigenvalue weighted by atomic mass is 10.1. The van der Waals surface area contributed by atoms with E-state index >= 15 is 0 Å². The minimum Gasteiger partial charge on any atom is -0.504 e. The van der Waals surface area contributed by atoms with E-state index in [0.717, 1.165) is 0 Å². The van der Waals surface area contributed by atoms with Crippen molar-refractivity contribution in [1.29, 1.82) is 0 Å². The van der Waals surface area contributed by atoms with Crippen LogP contribution in [0.5, 0.6) is 17.2 Å². The van der Waals surface area contributed by atoms with Crippen molar-refractivity contribution in [3.63, 3.8) is 0 Å². The molecule has 2 aromatic carbocycles. The van der Waals surface area contributed by atoms with Gasteiger partial charge in [-0.3, -0.25) is 9.78 Å². The van der Waals surface area contributed by atoms with Crippen LogP contribution in [0, 0.1) is 6.92 Å². The number of nitrogens with one attached hydrogen (secondary N) is 1. The van der Waals surface area contributed by atoms with Crippen LogP contribution < -0.4 is 5.43 Å². The van der Waals surface area contributed by atoms with E-state index in [0.29, 0.717) is 22.2 Å². The molecule has 0 unspecified atom stereocenters. The zero-order chi connectivity index (χ0) is 18.8. The lowest BCUT2D eigenvalue weighted by molar-refractivity contribution is 0.0956. The second-order valence-electron chi connectivity index (χ2n) is 5.80. The first kappa shape index (κ1) is 17.2. The number of aromatic hydroxyl groups is 3. The molecule has 0 atom stereocenters. The highest BCUT2D eigenvalue weighted by atomic mass is 16.3. The van der Waals surface area contributed by atoms with Gasteiger partial charge in [-0.25, -0.2) is 5.43 Å². The van der Waals surface area contributed by atoms with Gasteiger partial charge in [-0.05, 0) is 38.1 Å². The van der Waals surface area contributed by atoms with Crippen molar-refractivity contribution >= 4 is 22.5 Å². The first-order chi connectivity index (χ1) is 12.4. The Bertz CT molecular complexity index is 1040. The van der Waals surface area contributed by atoms with Crippen LogP contribution in [0.25, 0.3) is 10.9 Å². The molecule has 132 valence electrons. The first-order valence-corrected chi connectivity index (χ1v) is 7.83. The fourth-order valence-electron chi connectivity index (χ4n) is 2.61. The monoisotopic (exact) mass is 351 g/mol. The fourth-order valence-corrected chi connectivity index (χ4v) is 2.61. The van der Waals surface area contributed by atoms with Crippen LogP contribution in [0.2, 0.25) is 0 Å². The Kier molecular flexibility index (Phi) is 4.45. The molecular formula is C19H17N3O4. The van der Waals surface area contributed by atoms with Crippen molar-refractivity contribution in [2.75, 3.05) is 0 Å². The number of hydrazone groups is 1. The van der Waals surface area contributed by atoms with Gasteiger partial charge >= 0.3 is 0 Å². The molecule has 3 aromatic rings. The zero-order valence-electron chi connectivity index (χ0n) is 14.2. The average Bonchev–Trinajstić information content (AvgIpc) is 2.63. The molecule has 1 heterocycles. The number of nitrogens with zero attached hydrogens (tertiary/aromatic N) is 2. The molecule has 0 bridgehead atoms. The maximum absolute atomic E-state index is 12.6. The summed E-state index contributed by atoms with van der Waals surface area (Å²) in [5.41, 5.74) is 4.74. The number of carbonyl (C=O) groups is 1. The van der Waals surface area contributed by atoms with Gasteiger partial charge in [0.05, 0.1) is 16.8 Å². The predicted molar refractivity (Wildman–Crippen MR) is 97.6 cm³/mol.